The highest BCUT2D eigenvalue weighted by atomic mass is 35.5. The van der Waals surface area contributed by atoms with Gasteiger partial charge in [-0.25, -0.2) is 4.98 Å². The average molecular weight is 397 g/mol. The molecule has 0 aliphatic rings. The van der Waals surface area contributed by atoms with E-state index in [-0.39, 0.29) is 11.1 Å². The van der Waals surface area contributed by atoms with Crippen LogP contribution in [0.4, 0.5) is 5.69 Å². The van der Waals surface area contributed by atoms with Crippen LogP contribution in [0.3, 0.4) is 0 Å². The van der Waals surface area contributed by atoms with Gasteiger partial charge in [0.05, 0.1) is 11.3 Å². The minimum Gasteiger partial charge on any atom is -0.333 e. The number of thiophene rings is 1. The fraction of sp³-hybridized carbons (Fsp3) is 0.0526. The van der Waals surface area contributed by atoms with Gasteiger partial charge < -0.3 is 9.84 Å². The summed E-state index contributed by atoms with van der Waals surface area (Å²) in [5, 5.41) is 8.86. The lowest BCUT2D eigenvalue weighted by Crippen LogP contribution is -2.12. The van der Waals surface area contributed by atoms with E-state index in [1.165, 1.54) is 17.5 Å². The molecule has 1 amide bonds. The van der Waals surface area contributed by atoms with E-state index in [1.54, 1.807) is 18.2 Å². The lowest BCUT2D eigenvalue weighted by molar-refractivity contribution is 0.102. The Balaban J connectivity index is 1.61. The number of anilines is 1. The minimum atomic E-state index is -0.355. The van der Waals surface area contributed by atoms with Crippen molar-refractivity contribution in [2.45, 2.75) is 6.92 Å². The zero-order valence-electron chi connectivity index (χ0n) is 14.1. The van der Waals surface area contributed by atoms with Crippen LogP contribution in [0, 0.1) is 6.92 Å². The molecule has 0 saturated heterocycles. The summed E-state index contributed by atoms with van der Waals surface area (Å²) >= 11 is 7.39. The summed E-state index contributed by atoms with van der Waals surface area (Å²) in [6.07, 6.45) is 1.53. The van der Waals surface area contributed by atoms with Crippen LogP contribution >= 0.6 is 22.9 Å². The fourth-order valence-electron chi connectivity index (χ4n) is 2.54. The van der Waals surface area contributed by atoms with E-state index >= 15 is 0 Å². The largest absolute Gasteiger partial charge is 0.333 e. The van der Waals surface area contributed by atoms with Gasteiger partial charge in [0.2, 0.25) is 5.82 Å². The van der Waals surface area contributed by atoms with E-state index in [0.717, 1.165) is 11.1 Å². The Bertz CT molecular complexity index is 1120. The van der Waals surface area contributed by atoms with Gasteiger partial charge in [0.15, 0.2) is 0 Å². The molecule has 0 bridgehead atoms. The summed E-state index contributed by atoms with van der Waals surface area (Å²) < 4.78 is 5.41. The number of rotatable bonds is 4. The molecule has 134 valence electrons. The van der Waals surface area contributed by atoms with Crippen molar-refractivity contribution in [2.24, 2.45) is 0 Å². The molecule has 1 aromatic carbocycles. The zero-order valence-corrected chi connectivity index (χ0v) is 15.7. The van der Waals surface area contributed by atoms with Crippen LogP contribution in [-0.4, -0.2) is 21.0 Å². The molecule has 3 aromatic heterocycles. The number of carbonyl (C=O) groups excluding carboxylic acids is 1. The summed E-state index contributed by atoms with van der Waals surface area (Å²) in [7, 11) is 0. The maximum atomic E-state index is 12.5. The monoisotopic (exact) mass is 396 g/mol. The third kappa shape index (κ3) is 3.60. The van der Waals surface area contributed by atoms with Crippen LogP contribution in [0.15, 0.2) is 58.6 Å². The number of hydrogen-bond donors (Lipinski definition) is 1. The van der Waals surface area contributed by atoms with Crippen molar-refractivity contribution in [3.05, 3.63) is 70.3 Å². The number of aryl methyl sites for hydroxylation is 1. The highest BCUT2D eigenvalue weighted by Gasteiger charge is 2.19. The third-order valence-electron chi connectivity index (χ3n) is 3.81. The molecule has 0 aliphatic heterocycles. The molecular weight excluding hydrogens is 384 g/mol. The first-order chi connectivity index (χ1) is 13.1. The molecule has 0 fully saturated rings. The number of nitrogens with one attached hydrogen (secondary N) is 1. The smallest absolute Gasteiger partial charge is 0.270 e. The molecule has 4 aromatic rings. The number of halogens is 1. The Morgan fingerprint density at radius 3 is 2.93 bits per heavy atom. The zero-order chi connectivity index (χ0) is 18.8. The Labute approximate surface area is 163 Å². The van der Waals surface area contributed by atoms with Gasteiger partial charge in [0.25, 0.3) is 11.8 Å². The van der Waals surface area contributed by atoms with E-state index in [9.17, 15) is 4.79 Å². The molecule has 0 spiro atoms. The van der Waals surface area contributed by atoms with E-state index in [2.05, 4.69) is 20.4 Å². The second-order valence-electron chi connectivity index (χ2n) is 5.75. The summed E-state index contributed by atoms with van der Waals surface area (Å²) in [6, 6.07) is 12.9. The van der Waals surface area contributed by atoms with Gasteiger partial charge in [0.1, 0.15) is 10.0 Å². The van der Waals surface area contributed by atoms with Crippen LogP contribution in [-0.2, 0) is 0 Å². The number of benzene rings is 1. The number of amides is 1. The first-order valence-corrected chi connectivity index (χ1v) is 9.28. The van der Waals surface area contributed by atoms with Gasteiger partial charge in [-0.1, -0.05) is 40.5 Å². The third-order valence-corrected chi connectivity index (χ3v) is 5.02. The molecule has 1 N–H and O–H groups in total. The Morgan fingerprint density at radius 1 is 1.22 bits per heavy atom. The number of nitrogens with zero attached hydrogens (tertiary/aromatic N) is 3. The Morgan fingerprint density at radius 2 is 2.11 bits per heavy atom. The van der Waals surface area contributed by atoms with Crippen LogP contribution in [0.5, 0.6) is 0 Å². The molecule has 0 radical (unpaired) electrons. The minimum absolute atomic E-state index is 0.145. The van der Waals surface area contributed by atoms with Crippen molar-refractivity contribution < 1.29 is 9.32 Å². The maximum Gasteiger partial charge on any atom is 0.270 e. The van der Waals surface area contributed by atoms with Gasteiger partial charge in [-0.3, -0.25) is 4.79 Å². The van der Waals surface area contributed by atoms with Crippen LogP contribution in [0.25, 0.3) is 22.2 Å². The molecule has 0 unspecified atom stereocenters. The van der Waals surface area contributed by atoms with E-state index in [4.69, 9.17) is 16.1 Å². The molecular formula is C19H13ClN4O2S. The molecule has 4 rings (SSSR count). The quantitative estimate of drug-likeness (QED) is 0.487. The van der Waals surface area contributed by atoms with Crippen LogP contribution in [0.1, 0.15) is 15.9 Å². The second-order valence-corrected chi connectivity index (χ2v) is 7.03. The summed E-state index contributed by atoms with van der Waals surface area (Å²) in [5.41, 5.74) is 2.84. The van der Waals surface area contributed by atoms with Gasteiger partial charge in [-0.05, 0) is 36.6 Å². The Hall–Kier alpha value is -3.03. The lowest BCUT2D eigenvalue weighted by Gasteiger charge is -2.05. The summed E-state index contributed by atoms with van der Waals surface area (Å²) in [6.45, 7) is 2.00. The second kappa shape index (κ2) is 7.30. The van der Waals surface area contributed by atoms with Crippen LogP contribution in [0.2, 0.25) is 5.15 Å². The summed E-state index contributed by atoms with van der Waals surface area (Å²) in [5.74, 6) is 0.481. The molecule has 27 heavy (non-hydrogen) atoms. The molecule has 0 atom stereocenters. The number of pyridine rings is 1. The van der Waals surface area contributed by atoms with Crippen molar-refractivity contribution >= 4 is 34.5 Å². The van der Waals surface area contributed by atoms with E-state index < -0.39 is 0 Å². The van der Waals surface area contributed by atoms with E-state index in [1.807, 2.05) is 36.6 Å². The van der Waals surface area contributed by atoms with Crippen molar-refractivity contribution in [3.63, 3.8) is 0 Å². The topological polar surface area (TPSA) is 80.9 Å². The predicted molar refractivity (Wildman–Crippen MR) is 105 cm³/mol. The summed E-state index contributed by atoms with van der Waals surface area (Å²) in [4.78, 5) is 21.5. The predicted octanol–water partition coefficient (Wildman–Crippen LogP) is 5.07. The lowest BCUT2D eigenvalue weighted by atomic mass is 10.1. The van der Waals surface area contributed by atoms with Crippen molar-refractivity contribution in [3.8, 4) is 22.2 Å². The number of hydrogen-bond acceptors (Lipinski definition) is 6. The first-order valence-electron chi connectivity index (χ1n) is 8.02. The number of carbonyl (C=O) groups is 1. The van der Waals surface area contributed by atoms with Gasteiger partial charge in [-0.15, -0.1) is 11.3 Å². The molecule has 6 nitrogen and oxygen atoms in total. The van der Waals surface area contributed by atoms with Crippen molar-refractivity contribution in [2.75, 3.05) is 5.32 Å². The molecule has 0 saturated carbocycles. The highest BCUT2D eigenvalue weighted by Crippen LogP contribution is 2.34. The molecule has 8 heteroatoms. The maximum absolute atomic E-state index is 12.5. The van der Waals surface area contributed by atoms with Crippen molar-refractivity contribution in [1.29, 1.82) is 0 Å². The molecule has 0 aliphatic carbocycles. The van der Waals surface area contributed by atoms with Gasteiger partial charge >= 0.3 is 0 Å². The SMILES string of the molecule is Cc1cccc(-c2noc(-c3sccc3NC(=O)c3cccnc3Cl)n2)c1. The van der Waals surface area contributed by atoms with Gasteiger partial charge in [-0.2, -0.15) is 4.98 Å². The highest BCUT2D eigenvalue weighted by molar-refractivity contribution is 7.14. The van der Waals surface area contributed by atoms with Gasteiger partial charge in [0, 0.05) is 11.8 Å². The van der Waals surface area contributed by atoms with Crippen molar-refractivity contribution in [1.82, 2.24) is 15.1 Å². The van der Waals surface area contributed by atoms with Crippen LogP contribution < -0.4 is 5.32 Å². The van der Waals surface area contributed by atoms with E-state index in [0.29, 0.717) is 27.8 Å². The standard InChI is InChI=1S/C19H13ClN4O2S/c1-11-4-2-5-12(10-11)17-23-19(26-24-17)15-14(7-9-27-15)22-18(25)13-6-3-8-21-16(13)20/h2-10H,1H3,(H,22,25). The normalized spacial score (nSPS) is 10.7. The number of aromatic nitrogens is 3. The first kappa shape index (κ1) is 17.4. The fourth-order valence-corrected chi connectivity index (χ4v) is 3.51. The molecule has 3 heterocycles. The Kier molecular flexibility index (Phi) is 4.70. The average Bonchev–Trinajstić information content (AvgIpc) is 3.31.